The molecule has 0 saturated heterocycles. The van der Waals surface area contributed by atoms with Crippen LogP contribution in [0, 0.1) is 26.7 Å². The van der Waals surface area contributed by atoms with Gasteiger partial charge in [0, 0.05) is 6.04 Å². The molecule has 1 fully saturated rings. The van der Waals surface area contributed by atoms with Gasteiger partial charge in [0.25, 0.3) is 0 Å². The molecule has 1 heteroatoms. The predicted molar refractivity (Wildman–Crippen MR) is 83.4 cm³/mol. The van der Waals surface area contributed by atoms with Crippen LogP contribution in [0.15, 0.2) is 12.1 Å². The largest absolute Gasteiger partial charge is 0.324 e. The van der Waals surface area contributed by atoms with Gasteiger partial charge in [-0.1, -0.05) is 50.7 Å². The van der Waals surface area contributed by atoms with Gasteiger partial charge in [-0.15, -0.1) is 0 Å². The molecule has 1 aromatic rings. The lowest BCUT2D eigenvalue weighted by atomic mass is 9.87. The van der Waals surface area contributed by atoms with Crippen LogP contribution in [-0.2, 0) is 0 Å². The van der Waals surface area contributed by atoms with Crippen LogP contribution >= 0.6 is 0 Å². The molecule has 1 saturated carbocycles. The highest BCUT2D eigenvalue weighted by Crippen LogP contribution is 2.31. The second kappa shape index (κ2) is 6.56. The van der Waals surface area contributed by atoms with E-state index in [1.807, 2.05) is 0 Å². The molecular formula is C18H29N. The molecule has 19 heavy (non-hydrogen) atoms. The Labute approximate surface area is 118 Å². The van der Waals surface area contributed by atoms with Crippen molar-refractivity contribution in [3.05, 3.63) is 34.4 Å². The second-order valence-electron chi connectivity index (χ2n) is 6.49. The summed E-state index contributed by atoms with van der Waals surface area (Å²) in [7, 11) is 0. The van der Waals surface area contributed by atoms with Crippen LogP contribution in [0.4, 0.5) is 0 Å². The van der Waals surface area contributed by atoms with Crippen molar-refractivity contribution in [3.63, 3.8) is 0 Å². The lowest BCUT2D eigenvalue weighted by molar-refractivity contribution is 0.392. The quantitative estimate of drug-likeness (QED) is 0.762. The van der Waals surface area contributed by atoms with Gasteiger partial charge in [-0.25, -0.2) is 0 Å². The molecule has 0 radical (unpaired) electrons. The fourth-order valence-electron chi connectivity index (χ4n) is 3.47. The number of rotatable bonds is 3. The minimum absolute atomic E-state index is 0.224. The van der Waals surface area contributed by atoms with Crippen molar-refractivity contribution < 1.29 is 0 Å². The topological polar surface area (TPSA) is 26.0 Å². The van der Waals surface area contributed by atoms with Gasteiger partial charge in [0.05, 0.1) is 0 Å². The molecule has 1 nitrogen and oxygen atoms in total. The van der Waals surface area contributed by atoms with Crippen molar-refractivity contribution in [2.75, 3.05) is 0 Å². The van der Waals surface area contributed by atoms with Crippen molar-refractivity contribution in [1.29, 1.82) is 0 Å². The number of hydrogen-bond acceptors (Lipinski definition) is 1. The van der Waals surface area contributed by atoms with E-state index in [1.54, 1.807) is 0 Å². The monoisotopic (exact) mass is 259 g/mol. The Balaban J connectivity index is 2.06. The minimum Gasteiger partial charge on any atom is -0.324 e. The van der Waals surface area contributed by atoms with E-state index in [4.69, 9.17) is 5.73 Å². The normalized spacial score (nSPS) is 19.2. The van der Waals surface area contributed by atoms with Gasteiger partial charge < -0.3 is 5.73 Å². The predicted octanol–water partition coefficient (Wildman–Crippen LogP) is 4.97. The maximum atomic E-state index is 6.50. The first kappa shape index (κ1) is 14.6. The second-order valence-corrected chi connectivity index (χ2v) is 6.49. The van der Waals surface area contributed by atoms with Crippen LogP contribution in [0.5, 0.6) is 0 Å². The summed E-state index contributed by atoms with van der Waals surface area (Å²) in [6, 6.07) is 4.83. The molecule has 1 aromatic carbocycles. The van der Waals surface area contributed by atoms with E-state index in [2.05, 4.69) is 32.9 Å². The van der Waals surface area contributed by atoms with Gasteiger partial charge in [-0.3, -0.25) is 0 Å². The van der Waals surface area contributed by atoms with E-state index < -0.39 is 0 Å². The summed E-state index contributed by atoms with van der Waals surface area (Å²) in [5.41, 5.74) is 12.0. The van der Waals surface area contributed by atoms with Crippen LogP contribution in [0.2, 0.25) is 0 Å². The van der Waals surface area contributed by atoms with Gasteiger partial charge in [0.1, 0.15) is 0 Å². The Morgan fingerprint density at radius 1 is 0.947 bits per heavy atom. The summed E-state index contributed by atoms with van der Waals surface area (Å²) in [5, 5.41) is 0. The first-order chi connectivity index (χ1) is 9.08. The number of nitrogens with two attached hydrogens (primary N) is 1. The Kier molecular flexibility index (Phi) is 5.04. The molecule has 0 bridgehead atoms. The molecule has 0 aromatic heterocycles. The highest BCUT2D eigenvalue weighted by molar-refractivity contribution is 5.38. The van der Waals surface area contributed by atoms with E-state index in [-0.39, 0.29) is 6.04 Å². The van der Waals surface area contributed by atoms with Crippen molar-refractivity contribution in [1.82, 2.24) is 0 Å². The number of benzene rings is 1. The molecule has 1 unspecified atom stereocenters. The summed E-state index contributed by atoms with van der Waals surface area (Å²) in [6.07, 6.45) is 9.61. The highest BCUT2D eigenvalue weighted by Gasteiger charge is 2.18. The van der Waals surface area contributed by atoms with Crippen molar-refractivity contribution in [3.8, 4) is 0 Å². The molecule has 1 aliphatic carbocycles. The number of aryl methyl sites for hydroxylation is 3. The van der Waals surface area contributed by atoms with Gasteiger partial charge >= 0.3 is 0 Å². The third-order valence-electron chi connectivity index (χ3n) is 4.84. The summed E-state index contributed by atoms with van der Waals surface area (Å²) < 4.78 is 0. The Morgan fingerprint density at radius 2 is 1.53 bits per heavy atom. The average Bonchev–Trinajstić information content (AvgIpc) is 2.62. The molecule has 0 aliphatic heterocycles. The Morgan fingerprint density at radius 3 is 2.16 bits per heavy atom. The average molecular weight is 259 g/mol. The minimum atomic E-state index is 0.224. The molecule has 1 atom stereocenters. The van der Waals surface area contributed by atoms with Gasteiger partial charge in [0.2, 0.25) is 0 Å². The van der Waals surface area contributed by atoms with E-state index in [0.717, 1.165) is 5.92 Å². The standard InChI is InChI=1S/C18H29N/c1-13-10-15(3)17(11-14(13)2)18(19)12-16-8-6-4-5-7-9-16/h10-11,16,18H,4-9,12,19H2,1-3H3. The van der Waals surface area contributed by atoms with Crippen LogP contribution in [0.25, 0.3) is 0 Å². The molecule has 0 heterocycles. The fourth-order valence-corrected chi connectivity index (χ4v) is 3.47. The van der Waals surface area contributed by atoms with Crippen LogP contribution < -0.4 is 5.73 Å². The molecule has 2 rings (SSSR count). The molecule has 0 spiro atoms. The maximum absolute atomic E-state index is 6.50. The molecule has 2 N–H and O–H groups in total. The molecule has 0 amide bonds. The lowest BCUT2D eigenvalue weighted by Gasteiger charge is -2.22. The van der Waals surface area contributed by atoms with Crippen LogP contribution in [0.1, 0.15) is 73.2 Å². The first-order valence-electron chi connectivity index (χ1n) is 7.91. The van der Waals surface area contributed by atoms with E-state index >= 15 is 0 Å². The third-order valence-corrected chi connectivity index (χ3v) is 4.84. The van der Waals surface area contributed by atoms with E-state index in [0.29, 0.717) is 0 Å². The van der Waals surface area contributed by atoms with Gasteiger partial charge in [-0.05, 0) is 55.4 Å². The Bertz CT molecular complexity index is 414. The van der Waals surface area contributed by atoms with E-state index in [9.17, 15) is 0 Å². The smallest absolute Gasteiger partial charge is 0.0300 e. The zero-order valence-electron chi connectivity index (χ0n) is 12.8. The summed E-state index contributed by atoms with van der Waals surface area (Å²) in [5.74, 6) is 0.846. The van der Waals surface area contributed by atoms with Crippen molar-refractivity contribution in [2.45, 2.75) is 71.8 Å². The lowest BCUT2D eigenvalue weighted by Crippen LogP contribution is -2.17. The summed E-state index contributed by atoms with van der Waals surface area (Å²) in [6.45, 7) is 6.58. The fraction of sp³-hybridized carbons (Fsp3) is 0.667. The summed E-state index contributed by atoms with van der Waals surface area (Å²) >= 11 is 0. The summed E-state index contributed by atoms with van der Waals surface area (Å²) in [4.78, 5) is 0. The zero-order chi connectivity index (χ0) is 13.8. The van der Waals surface area contributed by atoms with Crippen molar-refractivity contribution in [2.24, 2.45) is 11.7 Å². The Hall–Kier alpha value is -0.820. The highest BCUT2D eigenvalue weighted by atomic mass is 14.6. The molecule has 1 aliphatic rings. The number of hydrogen-bond donors (Lipinski definition) is 1. The van der Waals surface area contributed by atoms with Gasteiger partial charge in [-0.2, -0.15) is 0 Å². The first-order valence-corrected chi connectivity index (χ1v) is 7.91. The van der Waals surface area contributed by atoms with Crippen LogP contribution in [-0.4, -0.2) is 0 Å². The van der Waals surface area contributed by atoms with Crippen LogP contribution in [0.3, 0.4) is 0 Å². The third kappa shape index (κ3) is 3.82. The maximum Gasteiger partial charge on any atom is 0.0300 e. The van der Waals surface area contributed by atoms with Gasteiger partial charge in [0.15, 0.2) is 0 Å². The SMILES string of the molecule is Cc1cc(C)c(C(N)CC2CCCCCC2)cc1C. The zero-order valence-corrected chi connectivity index (χ0v) is 12.8. The van der Waals surface area contributed by atoms with Crippen molar-refractivity contribution >= 4 is 0 Å². The molecular weight excluding hydrogens is 230 g/mol. The van der Waals surface area contributed by atoms with E-state index in [1.165, 1.54) is 67.2 Å². The molecule has 106 valence electrons.